The molecule has 1 N–H and O–H groups in total. The number of rotatable bonds is 8. The second-order valence-corrected chi connectivity index (χ2v) is 7.81. The molecule has 0 aliphatic heterocycles. The van der Waals surface area contributed by atoms with E-state index in [1.165, 1.54) is 11.8 Å². The normalized spacial score (nSPS) is 10.5. The first-order valence-corrected chi connectivity index (χ1v) is 11.0. The predicted molar refractivity (Wildman–Crippen MR) is 124 cm³/mol. The summed E-state index contributed by atoms with van der Waals surface area (Å²) in [6.45, 7) is 4.14. The molecular weight excluding hydrogens is 410 g/mol. The first kappa shape index (κ1) is 22.4. The number of methoxy groups -OCH3 is 2. The number of carbonyl (C=O) groups excluding carboxylic acids is 1. The van der Waals surface area contributed by atoms with Gasteiger partial charge in [-0.1, -0.05) is 43.8 Å². The quantitative estimate of drug-likeness (QED) is 0.503. The number of aryl methyl sites for hydroxylation is 2. The summed E-state index contributed by atoms with van der Waals surface area (Å²) in [5.74, 6) is 1.16. The molecule has 0 unspecified atom stereocenters. The average Bonchev–Trinajstić information content (AvgIpc) is 2.81. The topological polar surface area (TPSA) is 84.2 Å². The molecule has 0 spiro atoms. The number of thioether (sulfide) groups is 1. The van der Waals surface area contributed by atoms with Crippen molar-refractivity contribution in [3.63, 3.8) is 0 Å². The Morgan fingerprint density at radius 1 is 1.10 bits per heavy atom. The molecule has 3 rings (SSSR count). The molecule has 0 aliphatic rings. The summed E-state index contributed by atoms with van der Waals surface area (Å²) in [4.78, 5) is 17.3. The molecule has 0 atom stereocenters. The molecule has 0 saturated carbocycles. The number of ether oxygens (including phenoxy) is 2. The Morgan fingerprint density at radius 3 is 2.32 bits per heavy atom. The van der Waals surface area contributed by atoms with Gasteiger partial charge in [0.25, 0.3) is 0 Å². The number of para-hydroxylation sites is 1. The summed E-state index contributed by atoms with van der Waals surface area (Å²) in [7, 11) is 3.12. The van der Waals surface area contributed by atoms with E-state index in [4.69, 9.17) is 9.47 Å². The molecule has 6 nitrogen and oxygen atoms in total. The van der Waals surface area contributed by atoms with Crippen LogP contribution in [0.1, 0.15) is 30.5 Å². The van der Waals surface area contributed by atoms with Crippen LogP contribution in [0.25, 0.3) is 10.9 Å². The molecule has 0 fully saturated rings. The van der Waals surface area contributed by atoms with E-state index in [0.717, 1.165) is 35.0 Å². The first-order chi connectivity index (χ1) is 15.0. The summed E-state index contributed by atoms with van der Waals surface area (Å²) in [5.41, 5.74) is 4.20. The van der Waals surface area contributed by atoms with Crippen molar-refractivity contribution in [3.8, 4) is 17.6 Å². The molecule has 1 amide bonds. The molecule has 7 heteroatoms. The van der Waals surface area contributed by atoms with E-state index in [1.807, 2.05) is 18.2 Å². The van der Waals surface area contributed by atoms with E-state index < -0.39 is 0 Å². The fourth-order valence-corrected chi connectivity index (χ4v) is 4.15. The number of fused-ring (bicyclic) bond motifs is 1. The summed E-state index contributed by atoms with van der Waals surface area (Å²) < 4.78 is 10.7. The summed E-state index contributed by atoms with van der Waals surface area (Å²) >= 11 is 1.25. The Balaban J connectivity index is 1.83. The molecule has 160 valence electrons. The van der Waals surface area contributed by atoms with Crippen LogP contribution in [0.3, 0.4) is 0 Å². The zero-order chi connectivity index (χ0) is 22.4. The van der Waals surface area contributed by atoms with Crippen LogP contribution in [0.15, 0.2) is 41.4 Å². The first-order valence-electron chi connectivity index (χ1n) is 10.0. The largest absolute Gasteiger partial charge is 0.493 e. The van der Waals surface area contributed by atoms with Crippen LogP contribution >= 0.6 is 11.8 Å². The number of carbonyl (C=O) groups is 1. The molecule has 2 aromatic carbocycles. The van der Waals surface area contributed by atoms with Gasteiger partial charge in [-0.05, 0) is 36.1 Å². The lowest BCUT2D eigenvalue weighted by atomic mass is 10.0. The van der Waals surface area contributed by atoms with Crippen molar-refractivity contribution < 1.29 is 14.3 Å². The lowest BCUT2D eigenvalue weighted by Gasteiger charge is -2.14. The van der Waals surface area contributed by atoms with Gasteiger partial charge in [0.2, 0.25) is 5.91 Å². The van der Waals surface area contributed by atoms with E-state index in [-0.39, 0.29) is 11.7 Å². The number of amides is 1. The van der Waals surface area contributed by atoms with E-state index in [9.17, 15) is 10.1 Å². The van der Waals surface area contributed by atoms with Crippen LogP contribution in [0.2, 0.25) is 0 Å². The van der Waals surface area contributed by atoms with Crippen molar-refractivity contribution in [2.24, 2.45) is 0 Å². The Bertz CT molecular complexity index is 1130. The summed E-state index contributed by atoms with van der Waals surface area (Å²) in [6, 6.07) is 13.6. The molecular formula is C24H25N3O3S. The minimum atomic E-state index is -0.126. The van der Waals surface area contributed by atoms with Crippen LogP contribution < -0.4 is 14.8 Å². The highest BCUT2D eigenvalue weighted by Crippen LogP contribution is 2.34. The van der Waals surface area contributed by atoms with E-state index in [2.05, 4.69) is 30.2 Å². The Labute approximate surface area is 186 Å². The maximum absolute atomic E-state index is 12.7. The number of nitrogens with zero attached hydrogens (tertiary/aromatic N) is 2. The van der Waals surface area contributed by atoms with Gasteiger partial charge in [-0.25, -0.2) is 4.98 Å². The molecule has 0 bridgehead atoms. The number of hydrogen-bond acceptors (Lipinski definition) is 6. The van der Waals surface area contributed by atoms with Gasteiger partial charge in [-0.15, -0.1) is 0 Å². The fraction of sp³-hybridized carbons (Fsp3) is 0.292. The van der Waals surface area contributed by atoms with Crippen molar-refractivity contribution in [3.05, 3.63) is 53.1 Å². The molecule has 0 radical (unpaired) electrons. The minimum Gasteiger partial charge on any atom is -0.493 e. The van der Waals surface area contributed by atoms with Gasteiger partial charge in [0.1, 0.15) is 11.1 Å². The molecule has 1 aromatic heterocycles. The maximum atomic E-state index is 12.7. The minimum absolute atomic E-state index is 0.126. The van der Waals surface area contributed by atoms with Gasteiger partial charge in [-0.3, -0.25) is 4.79 Å². The third-order valence-corrected chi connectivity index (χ3v) is 6.00. The standard InChI is InChI=1S/C24H25N3O3S/c1-5-15-8-7-9-16(6-2)23(15)27-22(28)14-31-24-18(13-25)10-17-11-20(29-3)21(30-4)12-19(17)26-24/h7-12H,5-6,14H2,1-4H3,(H,27,28). The van der Waals surface area contributed by atoms with Crippen LogP contribution in [-0.2, 0) is 17.6 Å². The van der Waals surface area contributed by atoms with Crippen LogP contribution in [0.5, 0.6) is 11.5 Å². The van der Waals surface area contributed by atoms with Gasteiger partial charge >= 0.3 is 0 Å². The SMILES string of the molecule is CCc1cccc(CC)c1NC(=O)CSc1nc2cc(OC)c(OC)cc2cc1C#N. The molecule has 0 saturated heterocycles. The van der Waals surface area contributed by atoms with Gasteiger partial charge < -0.3 is 14.8 Å². The summed E-state index contributed by atoms with van der Waals surface area (Å²) in [5, 5.41) is 13.9. The van der Waals surface area contributed by atoms with E-state index >= 15 is 0 Å². The average molecular weight is 436 g/mol. The lowest BCUT2D eigenvalue weighted by Crippen LogP contribution is -2.17. The smallest absolute Gasteiger partial charge is 0.234 e. The Hall–Kier alpha value is -3.24. The molecule has 0 aliphatic carbocycles. The number of benzene rings is 2. The fourth-order valence-electron chi connectivity index (χ4n) is 3.39. The van der Waals surface area contributed by atoms with Gasteiger partial charge in [0, 0.05) is 17.1 Å². The van der Waals surface area contributed by atoms with E-state index in [1.54, 1.807) is 32.4 Å². The van der Waals surface area contributed by atoms with E-state index in [0.29, 0.717) is 27.6 Å². The Morgan fingerprint density at radius 2 is 1.74 bits per heavy atom. The molecule has 31 heavy (non-hydrogen) atoms. The number of aromatic nitrogens is 1. The monoisotopic (exact) mass is 435 g/mol. The Kier molecular flexibility index (Phi) is 7.37. The van der Waals surface area contributed by atoms with Crippen molar-refractivity contribution in [2.45, 2.75) is 31.7 Å². The van der Waals surface area contributed by atoms with Crippen LogP contribution in [-0.4, -0.2) is 30.9 Å². The second kappa shape index (κ2) is 10.2. The maximum Gasteiger partial charge on any atom is 0.234 e. The highest BCUT2D eigenvalue weighted by atomic mass is 32.2. The highest BCUT2D eigenvalue weighted by Gasteiger charge is 2.15. The number of nitriles is 1. The third kappa shape index (κ3) is 4.92. The molecule has 3 aromatic rings. The highest BCUT2D eigenvalue weighted by molar-refractivity contribution is 8.00. The second-order valence-electron chi connectivity index (χ2n) is 6.85. The number of anilines is 1. The zero-order valence-electron chi connectivity index (χ0n) is 18.1. The predicted octanol–water partition coefficient (Wildman–Crippen LogP) is 4.98. The van der Waals surface area contributed by atoms with Gasteiger partial charge in [0.15, 0.2) is 11.5 Å². The van der Waals surface area contributed by atoms with Gasteiger partial charge in [0.05, 0.1) is 31.1 Å². The zero-order valence-corrected chi connectivity index (χ0v) is 18.9. The number of hydrogen-bond donors (Lipinski definition) is 1. The molecule has 1 heterocycles. The van der Waals surface area contributed by atoms with Gasteiger partial charge in [-0.2, -0.15) is 5.26 Å². The lowest BCUT2D eigenvalue weighted by molar-refractivity contribution is -0.113. The van der Waals surface area contributed by atoms with Crippen molar-refractivity contribution in [1.82, 2.24) is 4.98 Å². The van der Waals surface area contributed by atoms with Crippen molar-refractivity contribution >= 4 is 34.3 Å². The number of nitrogens with one attached hydrogen (secondary N) is 1. The third-order valence-electron chi connectivity index (χ3n) is 5.01. The van der Waals surface area contributed by atoms with Crippen LogP contribution in [0, 0.1) is 11.3 Å². The van der Waals surface area contributed by atoms with Crippen LogP contribution in [0.4, 0.5) is 5.69 Å². The van der Waals surface area contributed by atoms with Crippen molar-refractivity contribution in [1.29, 1.82) is 5.26 Å². The van der Waals surface area contributed by atoms with Crippen molar-refractivity contribution in [2.75, 3.05) is 25.3 Å². The number of pyridine rings is 1. The summed E-state index contributed by atoms with van der Waals surface area (Å²) in [6.07, 6.45) is 1.68.